The lowest BCUT2D eigenvalue weighted by Gasteiger charge is -2.16. The smallest absolute Gasteiger partial charge is 0.338 e. The number of anilines is 1. The number of likely N-dealkylation sites (tertiary alicyclic amines) is 1. The highest BCUT2D eigenvalue weighted by molar-refractivity contribution is 5.97. The minimum Gasteiger partial charge on any atom is -0.462 e. The third-order valence-corrected chi connectivity index (χ3v) is 4.92. The van der Waals surface area contributed by atoms with Gasteiger partial charge in [-0.2, -0.15) is 0 Å². The molecule has 3 rings (SSSR count). The van der Waals surface area contributed by atoms with Gasteiger partial charge in [0.1, 0.15) is 0 Å². The first kappa shape index (κ1) is 20.6. The van der Waals surface area contributed by atoms with Crippen LogP contribution < -0.4 is 5.32 Å². The molecule has 1 aliphatic heterocycles. The van der Waals surface area contributed by atoms with Gasteiger partial charge in [0, 0.05) is 25.2 Å². The van der Waals surface area contributed by atoms with E-state index in [4.69, 9.17) is 4.74 Å². The first-order chi connectivity index (χ1) is 14.1. The highest BCUT2D eigenvalue weighted by Crippen LogP contribution is 2.22. The fraction of sp³-hybridized carbons (Fsp3) is 0.348. The number of nitrogens with zero attached hydrogens (tertiary/aromatic N) is 1. The molecular formula is C23H26N2O4. The second-order valence-corrected chi connectivity index (χ2v) is 7.22. The average Bonchev–Trinajstić information content (AvgIpc) is 3.10. The van der Waals surface area contributed by atoms with Gasteiger partial charge in [-0.15, -0.1) is 0 Å². The second kappa shape index (κ2) is 9.87. The van der Waals surface area contributed by atoms with E-state index in [1.807, 2.05) is 37.3 Å². The molecule has 0 aliphatic carbocycles. The van der Waals surface area contributed by atoms with E-state index in [0.29, 0.717) is 30.9 Å². The van der Waals surface area contributed by atoms with Gasteiger partial charge in [0.2, 0.25) is 11.8 Å². The topological polar surface area (TPSA) is 75.7 Å². The van der Waals surface area contributed by atoms with Gasteiger partial charge in [-0.1, -0.05) is 43.7 Å². The zero-order chi connectivity index (χ0) is 20.6. The fourth-order valence-electron chi connectivity index (χ4n) is 3.23. The highest BCUT2D eigenvalue weighted by atomic mass is 16.5. The molecule has 29 heavy (non-hydrogen) atoms. The predicted molar refractivity (Wildman–Crippen MR) is 110 cm³/mol. The maximum atomic E-state index is 12.6. The number of nitrogens with one attached hydrogen (secondary N) is 1. The average molecular weight is 394 g/mol. The number of amides is 2. The highest BCUT2D eigenvalue weighted by Gasteiger charge is 2.34. The number of carbonyl (C=O) groups is 3. The van der Waals surface area contributed by atoms with Crippen LogP contribution in [0.3, 0.4) is 0 Å². The molecule has 1 heterocycles. The molecule has 152 valence electrons. The fourth-order valence-corrected chi connectivity index (χ4v) is 3.23. The number of rotatable bonds is 8. The third-order valence-electron chi connectivity index (χ3n) is 4.92. The Kier molecular flexibility index (Phi) is 7.00. The Morgan fingerprint density at radius 2 is 1.83 bits per heavy atom. The summed E-state index contributed by atoms with van der Waals surface area (Å²) in [5, 5.41) is 2.84. The lowest BCUT2D eigenvalue weighted by Crippen LogP contribution is -2.28. The summed E-state index contributed by atoms with van der Waals surface area (Å²) in [5.41, 5.74) is 2.08. The van der Waals surface area contributed by atoms with Gasteiger partial charge < -0.3 is 15.0 Å². The quantitative estimate of drug-likeness (QED) is 0.548. The first-order valence-electron chi connectivity index (χ1n) is 9.96. The molecule has 0 bridgehead atoms. The Bertz CT molecular complexity index is 849. The van der Waals surface area contributed by atoms with E-state index in [1.54, 1.807) is 29.2 Å². The Morgan fingerprint density at radius 1 is 1.10 bits per heavy atom. The molecule has 1 unspecified atom stereocenters. The van der Waals surface area contributed by atoms with Crippen LogP contribution in [0, 0.1) is 5.92 Å². The number of carbonyl (C=O) groups excluding carboxylic acids is 3. The Labute approximate surface area is 170 Å². The van der Waals surface area contributed by atoms with Crippen molar-refractivity contribution in [3.63, 3.8) is 0 Å². The van der Waals surface area contributed by atoms with Crippen LogP contribution in [0.4, 0.5) is 5.69 Å². The molecule has 2 aromatic rings. The van der Waals surface area contributed by atoms with E-state index in [-0.39, 0.29) is 30.1 Å². The zero-order valence-electron chi connectivity index (χ0n) is 16.6. The maximum Gasteiger partial charge on any atom is 0.338 e. The molecule has 1 atom stereocenters. The van der Waals surface area contributed by atoms with Gasteiger partial charge in [0.05, 0.1) is 18.1 Å². The summed E-state index contributed by atoms with van der Waals surface area (Å²) >= 11 is 0. The Hall–Kier alpha value is -3.15. The molecule has 6 nitrogen and oxygen atoms in total. The second-order valence-electron chi connectivity index (χ2n) is 7.22. The van der Waals surface area contributed by atoms with Crippen LogP contribution in [0.25, 0.3) is 0 Å². The summed E-state index contributed by atoms with van der Waals surface area (Å²) in [6, 6.07) is 16.3. The van der Waals surface area contributed by atoms with E-state index >= 15 is 0 Å². The van der Waals surface area contributed by atoms with Crippen LogP contribution in [0.1, 0.15) is 42.1 Å². The normalized spacial score (nSPS) is 16.0. The monoisotopic (exact) mass is 394 g/mol. The van der Waals surface area contributed by atoms with Crippen LogP contribution in [-0.4, -0.2) is 35.8 Å². The van der Waals surface area contributed by atoms with Gasteiger partial charge in [-0.3, -0.25) is 9.59 Å². The van der Waals surface area contributed by atoms with Crippen LogP contribution >= 0.6 is 0 Å². The molecule has 0 spiro atoms. The molecule has 1 fully saturated rings. The van der Waals surface area contributed by atoms with E-state index < -0.39 is 0 Å². The van der Waals surface area contributed by atoms with Crippen molar-refractivity contribution < 1.29 is 19.1 Å². The summed E-state index contributed by atoms with van der Waals surface area (Å²) in [6.45, 7) is 3.35. The summed E-state index contributed by atoms with van der Waals surface area (Å²) in [6.07, 6.45) is 2.01. The number of hydrogen-bond donors (Lipinski definition) is 1. The number of unbranched alkanes of at least 4 members (excludes halogenated alkanes) is 1. The van der Waals surface area contributed by atoms with Gasteiger partial charge in [0.25, 0.3) is 0 Å². The van der Waals surface area contributed by atoms with Crippen LogP contribution in [0.2, 0.25) is 0 Å². The first-order valence-corrected chi connectivity index (χ1v) is 9.96. The van der Waals surface area contributed by atoms with E-state index in [2.05, 4.69) is 5.32 Å². The van der Waals surface area contributed by atoms with E-state index in [0.717, 1.165) is 18.4 Å². The molecule has 1 N–H and O–H groups in total. The molecule has 0 aromatic heterocycles. The molecule has 6 heteroatoms. The van der Waals surface area contributed by atoms with E-state index in [9.17, 15) is 14.4 Å². The lowest BCUT2D eigenvalue weighted by molar-refractivity contribution is -0.128. The Morgan fingerprint density at radius 3 is 2.52 bits per heavy atom. The molecule has 1 aliphatic rings. The van der Waals surface area contributed by atoms with Crippen molar-refractivity contribution in [2.24, 2.45) is 5.92 Å². The largest absolute Gasteiger partial charge is 0.462 e. The van der Waals surface area contributed by atoms with Crippen molar-refractivity contribution in [3.8, 4) is 0 Å². The predicted octanol–water partition coefficient (Wildman–Crippen LogP) is 3.63. The summed E-state index contributed by atoms with van der Waals surface area (Å²) < 4.78 is 5.17. The van der Waals surface area contributed by atoms with Crippen molar-refractivity contribution in [2.75, 3.05) is 18.5 Å². The van der Waals surface area contributed by atoms with Gasteiger partial charge in [0.15, 0.2) is 0 Å². The number of hydrogen-bond acceptors (Lipinski definition) is 4. The van der Waals surface area contributed by atoms with Crippen molar-refractivity contribution >= 4 is 23.5 Å². The summed E-state index contributed by atoms with van der Waals surface area (Å²) in [4.78, 5) is 38.5. The Balaban J connectivity index is 1.52. The SMILES string of the molecule is CCCCOC(=O)c1ccc(NC(=O)C2CC(=O)N(Cc3ccccc3)C2)cc1. The van der Waals surface area contributed by atoms with Crippen LogP contribution in [0.5, 0.6) is 0 Å². The van der Waals surface area contributed by atoms with Crippen molar-refractivity contribution in [3.05, 3.63) is 65.7 Å². The van der Waals surface area contributed by atoms with Crippen molar-refractivity contribution in [2.45, 2.75) is 32.7 Å². The van der Waals surface area contributed by atoms with E-state index in [1.165, 1.54) is 0 Å². The third kappa shape index (κ3) is 5.67. The zero-order valence-corrected chi connectivity index (χ0v) is 16.6. The number of benzene rings is 2. The van der Waals surface area contributed by atoms with Crippen LogP contribution in [0.15, 0.2) is 54.6 Å². The molecular weight excluding hydrogens is 368 g/mol. The standard InChI is InChI=1S/C23H26N2O4/c1-2-3-13-29-23(28)18-9-11-20(12-10-18)24-22(27)19-14-21(26)25(16-19)15-17-7-5-4-6-8-17/h4-12,19H,2-3,13-16H2,1H3,(H,24,27). The van der Waals surface area contributed by atoms with Gasteiger partial charge in [-0.25, -0.2) is 4.79 Å². The van der Waals surface area contributed by atoms with Crippen LogP contribution in [-0.2, 0) is 20.9 Å². The molecule has 0 radical (unpaired) electrons. The van der Waals surface area contributed by atoms with Gasteiger partial charge in [-0.05, 0) is 36.2 Å². The molecule has 2 aromatic carbocycles. The van der Waals surface area contributed by atoms with Crippen molar-refractivity contribution in [1.29, 1.82) is 0 Å². The lowest BCUT2D eigenvalue weighted by atomic mass is 10.1. The molecule has 1 saturated heterocycles. The van der Waals surface area contributed by atoms with Crippen molar-refractivity contribution in [1.82, 2.24) is 4.90 Å². The molecule has 0 saturated carbocycles. The minimum atomic E-state index is -0.384. The minimum absolute atomic E-state index is 0.0147. The summed E-state index contributed by atoms with van der Waals surface area (Å²) in [5.74, 6) is -0.953. The number of esters is 1. The summed E-state index contributed by atoms with van der Waals surface area (Å²) in [7, 11) is 0. The maximum absolute atomic E-state index is 12.6. The van der Waals surface area contributed by atoms with Gasteiger partial charge >= 0.3 is 5.97 Å². The number of ether oxygens (including phenoxy) is 1. The molecule has 2 amide bonds.